The standard InChI is InChI=1S/C15H22N4OS/c1-5-6-20-11-7-10(8-17-9-11)12(16)13-14(15(2,3)4)18-19-21-13/h7-9,12H,5-6,16H2,1-4H3. The van der Waals surface area contributed by atoms with E-state index in [2.05, 4.69) is 42.3 Å². The zero-order valence-corrected chi connectivity index (χ0v) is 13.8. The molecule has 0 saturated heterocycles. The molecular weight excluding hydrogens is 284 g/mol. The van der Waals surface area contributed by atoms with E-state index in [9.17, 15) is 0 Å². The minimum absolute atomic E-state index is 0.0797. The minimum Gasteiger partial charge on any atom is -0.492 e. The molecule has 5 nitrogen and oxygen atoms in total. The molecular formula is C15H22N4OS. The minimum atomic E-state index is -0.281. The summed E-state index contributed by atoms with van der Waals surface area (Å²) < 4.78 is 9.68. The second kappa shape index (κ2) is 6.49. The molecule has 2 aromatic heterocycles. The van der Waals surface area contributed by atoms with E-state index < -0.39 is 0 Å². The van der Waals surface area contributed by atoms with Crippen molar-refractivity contribution in [3.8, 4) is 5.75 Å². The summed E-state index contributed by atoms with van der Waals surface area (Å²) in [6.45, 7) is 9.08. The zero-order valence-electron chi connectivity index (χ0n) is 13.0. The maximum Gasteiger partial charge on any atom is 0.137 e. The number of aromatic nitrogens is 3. The van der Waals surface area contributed by atoms with Gasteiger partial charge in [-0.1, -0.05) is 32.2 Å². The first kappa shape index (κ1) is 15.9. The third-order valence-electron chi connectivity index (χ3n) is 3.07. The third kappa shape index (κ3) is 3.77. The number of nitrogens with zero attached hydrogens (tertiary/aromatic N) is 3. The van der Waals surface area contributed by atoms with Gasteiger partial charge in [-0.2, -0.15) is 0 Å². The molecule has 21 heavy (non-hydrogen) atoms. The van der Waals surface area contributed by atoms with E-state index in [4.69, 9.17) is 10.5 Å². The Balaban J connectivity index is 2.28. The van der Waals surface area contributed by atoms with E-state index in [-0.39, 0.29) is 11.5 Å². The molecule has 0 radical (unpaired) electrons. The fraction of sp³-hybridized carbons (Fsp3) is 0.533. The molecule has 0 aromatic carbocycles. The lowest BCUT2D eigenvalue weighted by molar-refractivity contribution is 0.315. The Morgan fingerprint density at radius 3 is 2.76 bits per heavy atom. The Bertz CT molecular complexity index is 591. The third-order valence-corrected chi connectivity index (χ3v) is 3.88. The van der Waals surface area contributed by atoms with Gasteiger partial charge < -0.3 is 10.5 Å². The second-order valence-corrected chi connectivity index (χ2v) is 6.80. The molecule has 2 aromatic rings. The maximum atomic E-state index is 6.39. The highest BCUT2D eigenvalue weighted by atomic mass is 32.1. The molecule has 6 heteroatoms. The normalized spacial score (nSPS) is 13.2. The summed E-state index contributed by atoms with van der Waals surface area (Å²) in [5.74, 6) is 0.750. The van der Waals surface area contributed by atoms with E-state index in [1.807, 2.05) is 6.07 Å². The van der Waals surface area contributed by atoms with Crippen molar-refractivity contribution in [1.82, 2.24) is 14.6 Å². The number of rotatable bonds is 5. The van der Waals surface area contributed by atoms with Gasteiger partial charge in [0.1, 0.15) is 5.75 Å². The Morgan fingerprint density at radius 2 is 2.10 bits per heavy atom. The highest BCUT2D eigenvalue weighted by Gasteiger charge is 2.26. The smallest absolute Gasteiger partial charge is 0.137 e. The van der Waals surface area contributed by atoms with Crippen molar-refractivity contribution in [3.05, 3.63) is 34.6 Å². The molecule has 1 unspecified atom stereocenters. The molecule has 0 aliphatic rings. The van der Waals surface area contributed by atoms with E-state index in [1.165, 1.54) is 11.5 Å². The van der Waals surface area contributed by atoms with Crippen LogP contribution >= 0.6 is 11.5 Å². The van der Waals surface area contributed by atoms with Gasteiger partial charge in [-0.05, 0) is 29.6 Å². The zero-order chi connectivity index (χ0) is 15.5. The van der Waals surface area contributed by atoms with Gasteiger partial charge in [0.15, 0.2) is 0 Å². The molecule has 0 spiro atoms. The number of nitrogens with two attached hydrogens (primary N) is 1. The molecule has 0 aliphatic carbocycles. The molecule has 114 valence electrons. The van der Waals surface area contributed by atoms with Crippen LogP contribution in [-0.4, -0.2) is 21.2 Å². The summed E-state index contributed by atoms with van der Waals surface area (Å²) in [4.78, 5) is 5.20. The quantitative estimate of drug-likeness (QED) is 0.919. The fourth-order valence-electron chi connectivity index (χ4n) is 1.98. The summed E-state index contributed by atoms with van der Waals surface area (Å²) in [7, 11) is 0. The van der Waals surface area contributed by atoms with E-state index in [0.717, 1.165) is 28.3 Å². The van der Waals surface area contributed by atoms with Gasteiger partial charge in [-0.3, -0.25) is 4.98 Å². The van der Waals surface area contributed by atoms with Crippen molar-refractivity contribution in [2.45, 2.75) is 45.6 Å². The summed E-state index contributed by atoms with van der Waals surface area (Å²) in [5, 5.41) is 4.24. The molecule has 0 amide bonds. The Morgan fingerprint density at radius 1 is 1.33 bits per heavy atom. The van der Waals surface area contributed by atoms with Crippen LogP contribution in [0.3, 0.4) is 0 Å². The first-order valence-electron chi connectivity index (χ1n) is 7.09. The van der Waals surface area contributed by atoms with Crippen LogP contribution in [0.5, 0.6) is 5.75 Å². The molecule has 2 rings (SSSR count). The summed E-state index contributed by atoms with van der Waals surface area (Å²) >= 11 is 1.35. The molecule has 0 bridgehead atoms. The Hall–Kier alpha value is -1.53. The highest BCUT2D eigenvalue weighted by Crippen LogP contribution is 2.32. The van der Waals surface area contributed by atoms with Crippen LogP contribution in [0.15, 0.2) is 18.5 Å². The lowest BCUT2D eigenvalue weighted by Gasteiger charge is -2.19. The Labute approximate surface area is 129 Å². The van der Waals surface area contributed by atoms with Crippen LogP contribution in [0.4, 0.5) is 0 Å². The molecule has 2 heterocycles. The largest absolute Gasteiger partial charge is 0.492 e. The van der Waals surface area contributed by atoms with Crippen molar-refractivity contribution in [3.63, 3.8) is 0 Å². The van der Waals surface area contributed by atoms with E-state index in [0.29, 0.717) is 6.61 Å². The van der Waals surface area contributed by atoms with Crippen LogP contribution in [0.1, 0.15) is 56.3 Å². The monoisotopic (exact) mass is 306 g/mol. The van der Waals surface area contributed by atoms with Crippen molar-refractivity contribution in [2.75, 3.05) is 6.61 Å². The average Bonchev–Trinajstić information content (AvgIpc) is 2.94. The van der Waals surface area contributed by atoms with Gasteiger partial charge in [0, 0.05) is 11.6 Å². The summed E-state index contributed by atoms with van der Waals surface area (Å²) in [6.07, 6.45) is 4.44. The predicted octanol–water partition coefficient (Wildman–Crippen LogP) is 3.07. The van der Waals surface area contributed by atoms with Crippen molar-refractivity contribution < 1.29 is 4.74 Å². The highest BCUT2D eigenvalue weighted by molar-refractivity contribution is 7.05. The lowest BCUT2D eigenvalue weighted by atomic mass is 9.89. The first-order valence-corrected chi connectivity index (χ1v) is 7.87. The van der Waals surface area contributed by atoms with Gasteiger partial charge in [0.05, 0.1) is 29.4 Å². The molecule has 0 saturated carbocycles. The number of ether oxygens (including phenoxy) is 1. The van der Waals surface area contributed by atoms with Crippen LogP contribution in [0.2, 0.25) is 0 Å². The number of hydrogen-bond acceptors (Lipinski definition) is 6. The van der Waals surface area contributed by atoms with Crippen LogP contribution < -0.4 is 10.5 Å². The second-order valence-electron chi connectivity index (χ2n) is 6.02. The van der Waals surface area contributed by atoms with Gasteiger partial charge in [0.2, 0.25) is 0 Å². The number of hydrogen-bond donors (Lipinski definition) is 1. The average molecular weight is 306 g/mol. The topological polar surface area (TPSA) is 73.9 Å². The van der Waals surface area contributed by atoms with Gasteiger partial charge in [0.25, 0.3) is 0 Å². The van der Waals surface area contributed by atoms with Crippen molar-refractivity contribution in [2.24, 2.45) is 5.73 Å². The molecule has 1 atom stereocenters. The Kier molecular flexibility index (Phi) is 4.90. The van der Waals surface area contributed by atoms with E-state index in [1.54, 1.807) is 12.4 Å². The van der Waals surface area contributed by atoms with Gasteiger partial charge in [-0.25, -0.2) is 0 Å². The molecule has 0 aliphatic heterocycles. The first-order chi connectivity index (χ1) is 9.93. The van der Waals surface area contributed by atoms with Crippen LogP contribution in [-0.2, 0) is 5.41 Å². The van der Waals surface area contributed by atoms with E-state index >= 15 is 0 Å². The van der Waals surface area contributed by atoms with Gasteiger partial charge in [-0.15, -0.1) is 5.10 Å². The predicted molar refractivity (Wildman–Crippen MR) is 84.7 cm³/mol. The van der Waals surface area contributed by atoms with Crippen LogP contribution in [0.25, 0.3) is 0 Å². The lowest BCUT2D eigenvalue weighted by Crippen LogP contribution is -2.19. The fourth-order valence-corrected chi connectivity index (χ4v) is 2.87. The summed E-state index contributed by atoms with van der Waals surface area (Å²) in [6, 6.07) is 1.66. The molecule has 0 fully saturated rings. The number of pyridine rings is 1. The maximum absolute atomic E-state index is 6.39. The van der Waals surface area contributed by atoms with Crippen molar-refractivity contribution in [1.29, 1.82) is 0 Å². The van der Waals surface area contributed by atoms with Gasteiger partial charge >= 0.3 is 0 Å². The van der Waals surface area contributed by atoms with Crippen LogP contribution in [0, 0.1) is 0 Å². The molecule has 2 N–H and O–H groups in total. The summed E-state index contributed by atoms with van der Waals surface area (Å²) in [5.41, 5.74) is 8.17. The van der Waals surface area contributed by atoms with Crippen molar-refractivity contribution >= 4 is 11.5 Å². The SMILES string of the molecule is CCCOc1cncc(C(N)c2snnc2C(C)(C)C)c1.